The molecule has 0 aliphatic heterocycles. The van der Waals surface area contributed by atoms with Gasteiger partial charge in [-0.15, -0.1) is 23.2 Å². The zero-order chi connectivity index (χ0) is 32.6. The van der Waals surface area contributed by atoms with Gasteiger partial charge in [0.1, 0.15) is 5.78 Å². The summed E-state index contributed by atoms with van der Waals surface area (Å²) in [6.45, 7) is 0. The van der Waals surface area contributed by atoms with Crippen LogP contribution in [0.15, 0.2) is 0 Å². The highest BCUT2D eigenvalue weighted by molar-refractivity contribution is 6.18. The molecule has 3 nitrogen and oxygen atoms in total. The van der Waals surface area contributed by atoms with E-state index in [2.05, 4.69) is 12.1 Å². The monoisotopic (exact) mass is 672 g/mol. The van der Waals surface area contributed by atoms with E-state index >= 15 is 0 Å². The number of nitriles is 2. The second-order valence-electron chi connectivity index (χ2n) is 16.6. The molecule has 4 saturated carbocycles. The van der Waals surface area contributed by atoms with Crippen LogP contribution in [0.5, 0.6) is 0 Å². The fourth-order valence-electron chi connectivity index (χ4n) is 10.3. The van der Waals surface area contributed by atoms with Crippen LogP contribution in [0, 0.1) is 81.8 Å². The molecule has 0 N–H and O–H groups in total. The summed E-state index contributed by atoms with van der Waals surface area (Å²) in [6.07, 6.45) is 30.9. The Kier molecular flexibility index (Phi) is 17.7. The summed E-state index contributed by atoms with van der Waals surface area (Å²) in [5.41, 5.74) is 0. The van der Waals surface area contributed by atoms with Crippen molar-refractivity contribution in [1.29, 1.82) is 10.5 Å². The van der Waals surface area contributed by atoms with E-state index in [1.165, 1.54) is 116 Å². The number of ketones is 1. The van der Waals surface area contributed by atoms with Crippen molar-refractivity contribution in [3.8, 4) is 12.1 Å². The van der Waals surface area contributed by atoms with Crippen LogP contribution in [-0.2, 0) is 4.79 Å². The normalized spacial score (nSPS) is 33.4. The molecule has 4 aliphatic rings. The van der Waals surface area contributed by atoms with Gasteiger partial charge < -0.3 is 0 Å². The Labute approximate surface area is 293 Å². The smallest absolute Gasteiger partial charge is 0.132 e. The lowest BCUT2D eigenvalue weighted by Crippen LogP contribution is -2.25. The van der Waals surface area contributed by atoms with Gasteiger partial charge in [-0.2, -0.15) is 10.5 Å². The SMILES string of the molecule is N#CC(CC1CCC(CCC(=O)CC[C@H]2CC[C@H](CC(C#N)[C@H]3CC[C@H](CCCCl)CC3)CC2)CC1)[C@H]1CC[C@H](CCCCl)CC1. The lowest BCUT2D eigenvalue weighted by Gasteiger charge is -2.35. The molecule has 0 aromatic rings. The summed E-state index contributed by atoms with van der Waals surface area (Å²) in [5.74, 6) is 8.28. The van der Waals surface area contributed by atoms with Gasteiger partial charge >= 0.3 is 0 Å². The van der Waals surface area contributed by atoms with E-state index < -0.39 is 0 Å². The van der Waals surface area contributed by atoms with Gasteiger partial charge in [0.15, 0.2) is 0 Å². The Bertz CT molecular complexity index is 851. The third kappa shape index (κ3) is 12.9. The summed E-state index contributed by atoms with van der Waals surface area (Å²) < 4.78 is 0. The third-order valence-electron chi connectivity index (χ3n) is 13.5. The highest BCUT2D eigenvalue weighted by Crippen LogP contribution is 2.43. The van der Waals surface area contributed by atoms with Gasteiger partial charge in [0.2, 0.25) is 0 Å². The Morgan fingerprint density at radius 3 is 1.13 bits per heavy atom. The van der Waals surface area contributed by atoms with Crippen molar-refractivity contribution in [2.45, 2.75) is 167 Å². The quantitative estimate of drug-likeness (QED) is 0.136. The van der Waals surface area contributed by atoms with Crippen LogP contribution in [0.25, 0.3) is 0 Å². The average molecular weight is 674 g/mol. The molecule has 0 aromatic carbocycles. The highest BCUT2D eigenvalue weighted by Gasteiger charge is 2.33. The van der Waals surface area contributed by atoms with E-state index in [1.54, 1.807) is 0 Å². The molecule has 4 rings (SSSR count). The molecule has 4 fully saturated rings. The molecule has 0 spiro atoms. The van der Waals surface area contributed by atoms with E-state index in [0.29, 0.717) is 41.3 Å². The molecule has 0 amide bonds. The molecule has 4 aliphatic carbocycles. The molecule has 0 aromatic heterocycles. The fourth-order valence-corrected chi connectivity index (χ4v) is 10.6. The number of alkyl halides is 2. The van der Waals surface area contributed by atoms with Crippen molar-refractivity contribution in [3.63, 3.8) is 0 Å². The maximum Gasteiger partial charge on any atom is 0.132 e. The Morgan fingerprint density at radius 1 is 0.500 bits per heavy atom. The van der Waals surface area contributed by atoms with E-state index in [0.717, 1.165) is 75.0 Å². The standard InChI is InChI=1S/C41H66Cl2N2O/c42-25-1-3-31-13-19-37(20-14-31)39(29-44)27-35-9-5-33(6-10-35)17-23-41(46)24-18-34-7-11-36(12-8-34)28-40(30-45)38-21-15-32(16-22-38)4-2-26-43/h31-40H,1-28H2/t31-,32-,33-,34?,35-,36?,37-,38-,39?,40?. The van der Waals surface area contributed by atoms with Gasteiger partial charge in [0, 0.05) is 36.4 Å². The summed E-state index contributed by atoms with van der Waals surface area (Å²) >= 11 is 11.8. The van der Waals surface area contributed by atoms with Gasteiger partial charge in [-0.3, -0.25) is 4.79 Å². The lowest BCUT2D eigenvalue weighted by molar-refractivity contribution is -0.119. The van der Waals surface area contributed by atoms with Gasteiger partial charge in [-0.05, 0) is 124 Å². The van der Waals surface area contributed by atoms with E-state index in [9.17, 15) is 15.3 Å². The highest BCUT2D eigenvalue weighted by atomic mass is 35.5. The van der Waals surface area contributed by atoms with Crippen molar-refractivity contribution in [2.24, 2.45) is 59.2 Å². The molecular weight excluding hydrogens is 607 g/mol. The molecule has 46 heavy (non-hydrogen) atoms. The Morgan fingerprint density at radius 2 is 0.804 bits per heavy atom. The number of halogens is 2. The van der Waals surface area contributed by atoms with E-state index in [4.69, 9.17) is 23.2 Å². The van der Waals surface area contributed by atoms with Gasteiger partial charge in [0.25, 0.3) is 0 Å². The van der Waals surface area contributed by atoms with Crippen LogP contribution in [0.1, 0.15) is 167 Å². The Hall–Kier alpha value is -0.770. The van der Waals surface area contributed by atoms with Gasteiger partial charge in [-0.1, -0.05) is 77.0 Å². The summed E-state index contributed by atoms with van der Waals surface area (Å²) in [6, 6.07) is 5.44. The minimum absolute atomic E-state index is 0.247. The number of carbonyl (C=O) groups is 1. The van der Waals surface area contributed by atoms with Crippen molar-refractivity contribution < 1.29 is 4.79 Å². The second kappa shape index (κ2) is 21.3. The van der Waals surface area contributed by atoms with Crippen LogP contribution >= 0.6 is 23.2 Å². The van der Waals surface area contributed by atoms with Crippen molar-refractivity contribution >= 4 is 29.0 Å². The molecule has 2 atom stereocenters. The second-order valence-corrected chi connectivity index (χ2v) is 17.3. The first-order valence-corrected chi connectivity index (χ1v) is 21.0. The first kappa shape index (κ1) is 38.0. The van der Waals surface area contributed by atoms with Crippen molar-refractivity contribution in [1.82, 2.24) is 0 Å². The molecular formula is C41H66Cl2N2O. The number of hydrogen-bond acceptors (Lipinski definition) is 3. The first-order chi connectivity index (χ1) is 22.5. The predicted octanol–water partition coefficient (Wildman–Crippen LogP) is 12.4. The van der Waals surface area contributed by atoms with Crippen LogP contribution in [0.3, 0.4) is 0 Å². The number of hydrogen-bond donors (Lipinski definition) is 0. The number of nitrogens with zero attached hydrogens (tertiary/aromatic N) is 2. The number of Topliss-reactive ketones (excluding diaryl/α,β-unsaturated/α-hetero) is 1. The predicted molar refractivity (Wildman–Crippen MR) is 193 cm³/mol. The molecule has 2 unspecified atom stereocenters. The summed E-state index contributed by atoms with van der Waals surface area (Å²) in [7, 11) is 0. The maximum absolute atomic E-state index is 12.9. The van der Waals surface area contributed by atoms with Crippen LogP contribution in [0.4, 0.5) is 0 Å². The van der Waals surface area contributed by atoms with Gasteiger partial charge in [-0.25, -0.2) is 0 Å². The minimum Gasteiger partial charge on any atom is -0.300 e. The molecule has 0 heterocycles. The summed E-state index contributed by atoms with van der Waals surface area (Å²) in [4.78, 5) is 12.9. The largest absolute Gasteiger partial charge is 0.300 e. The van der Waals surface area contributed by atoms with Gasteiger partial charge in [0.05, 0.1) is 12.1 Å². The fraction of sp³-hybridized carbons (Fsp3) is 0.927. The van der Waals surface area contributed by atoms with Crippen LogP contribution < -0.4 is 0 Å². The van der Waals surface area contributed by atoms with Crippen LogP contribution in [-0.4, -0.2) is 17.5 Å². The minimum atomic E-state index is 0.247. The molecule has 0 saturated heterocycles. The van der Waals surface area contributed by atoms with Crippen molar-refractivity contribution in [3.05, 3.63) is 0 Å². The lowest BCUT2D eigenvalue weighted by atomic mass is 9.70. The van der Waals surface area contributed by atoms with Crippen molar-refractivity contribution in [2.75, 3.05) is 11.8 Å². The maximum atomic E-state index is 12.9. The molecule has 0 bridgehead atoms. The average Bonchev–Trinajstić information content (AvgIpc) is 3.11. The van der Waals surface area contributed by atoms with E-state index in [1.807, 2.05) is 0 Å². The Balaban J connectivity index is 1.03. The van der Waals surface area contributed by atoms with Crippen LogP contribution in [0.2, 0.25) is 0 Å². The summed E-state index contributed by atoms with van der Waals surface area (Å²) in [5, 5.41) is 19.9. The topological polar surface area (TPSA) is 64.7 Å². The first-order valence-electron chi connectivity index (χ1n) is 19.9. The molecule has 5 heteroatoms. The molecule has 0 radical (unpaired) electrons. The zero-order valence-electron chi connectivity index (χ0n) is 29.1. The third-order valence-corrected chi connectivity index (χ3v) is 14.0. The zero-order valence-corrected chi connectivity index (χ0v) is 30.6. The van der Waals surface area contributed by atoms with E-state index in [-0.39, 0.29) is 11.8 Å². The number of rotatable bonds is 18. The molecule has 260 valence electrons. The number of carbonyl (C=O) groups excluding carboxylic acids is 1.